The molecule has 0 aliphatic heterocycles. The van der Waals surface area contributed by atoms with Crippen LogP contribution in [-0.4, -0.2) is 20.5 Å². The Balaban J connectivity index is 2.34. The van der Waals surface area contributed by atoms with Gasteiger partial charge >= 0.3 is 0 Å². The Kier molecular flexibility index (Phi) is 4.01. The van der Waals surface area contributed by atoms with Gasteiger partial charge in [-0.15, -0.1) is 0 Å². The average molecular weight is 314 g/mol. The van der Waals surface area contributed by atoms with Crippen LogP contribution in [-0.2, 0) is 10.0 Å². The highest BCUT2D eigenvalue weighted by atomic mass is 35.5. The van der Waals surface area contributed by atoms with Crippen molar-refractivity contribution in [1.82, 2.24) is 4.98 Å². The van der Waals surface area contributed by atoms with E-state index in [0.717, 1.165) is 0 Å². The quantitative estimate of drug-likeness (QED) is 0.901. The number of methoxy groups -OCH3 is 1. The number of anilines is 2. The van der Waals surface area contributed by atoms with Crippen molar-refractivity contribution in [3.63, 3.8) is 0 Å². The first-order valence-electron chi connectivity index (χ1n) is 5.51. The number of nitrogens with one attached hydrogen (secondary N) is 1. The number of nitrogen functional groups attached to an aromatic ring is 1. The van der Waals surface area contributed by atoms with E-state index in [4.69, 9.17) is 22.1 Å². The predicted molar refractivity (Wildman–Crippen MR) is 77.5 cm³/mol. The largest absolute Gasteiger partial charge is 0.495 e. The summed E-state index contributed by atoms with van der Waals surface area (Å²) in [5.74, 6) is 0.451. The van der Waals surface area contributed by atoms with Gasteiger partial charge in [0.05, 0.1) is 23.5 Å². The van der Waals surface area contributed by atoms with Gasteiger partial charge in [0, 0.05) is 6.20 Å². The van der Waals surface area contributed by atoms with Crippen molar-refractivity contribution in [3.8, 4) is 5.75 Å². The summed E-state index contributed by atoms with van der Waals surface area (Å²) in [4.78, 5) is 3.77. The molecule has 1 aromatic carbocycles. The Bertz CT molecular complexity index is 734. The van der Waals surface area contributed by atoms with E-state index in [0.29, 0.717) is 16.5 Å². The molecule has 106 valence electrons. The molecule has 0 amide bonds. The minimum absolute atomic E-state index is 0.0691. The molecule has 0 spiro atoms. The van der Waals surface area contributed by atoms with Gasteiger partial charge in [-0.1, -0.05) is 11.6 Å². The summed E-state index contributed by atoms with van der Waals surface area (Å²) in [5, 5.41) is 0.0635. The van der Waals surface area contributed by atoms with Crippen LogP contribution in [0.2, 0.25) is 5.02 Å². The third-order valence-electron chi connectivity index (χ3n) is 2.46. The monoisotopic (exact) mass is 313 g/mol. The van der Waals surface area contributed by atoms with Crippen LogP contribution in [0.5, 0.6) is 5.75 Å². The van der Waals surface area contributed by atoms with E-state index in [1.54, 1.807) is 12.1 Å². The number of nitrogens with two attached hydrogens (primary N) is 1. The smallest absolute Gasteiger partial charge is 0.281 e. The lowest BCUT2D eigenvalue weighted by molar-refractivity contribution is 0.415. The van der Waals surface area contributed by atoms with Gasteiger partial charge < -0.3 is 10.5 Å². The number of sulfonamides is 1. The van der Waals surface area contributed by atoms with E-state index in [-0.39, 0.29) is 10.7 Å². The second-order valence-corrected chi connectivity index (χ2v) is 5.86. The van der Waals surface area contributed by atoms with Gasteiger partial charge in [-0.25, -0.2) is 4.98 Å². The molecule has 8 heteroatoms. The molecule has 0 aliphatic rings. The zero-order chi connectivity index (χ0) is 14.8. The van der Waals surface area contributed by atoms with E-state index >= 15 is 0 Å². The van der Waals surface area contributed by atoms with Gasteiger partial charge in [0.15, 0.2) is 5.03 Å². The fourth-order valence-electron chi connectivity index (χ4n) is 1.56. The Labute approximate surface area is 121 Å². The molecular formula is C12H12ClN3O3S. The van der Waals surface area contributed by atoms with Gasteiger partial charge in [-0.2, -0.15) is 8.42 Å². The molecule has 0 bridgehead atoms. The molecule has 0 saturated carbocycles. The Hall–Kier alpha value is -1.99. The maximum absolute atomic E-state index is 12.2. The zero-order valence-electron chi connectivity index (χ0n) is 10.5. The third kappa shape index (κ3) is 2.94. The molecule has 0 fully saturated rings. The fraction of sp³-hybridized carbons (Fsp3) is 0.0833. The van der Waals surface area contributed by atoms with Crippen LogP contribution in [0.25, 0.3) is 0 Å². The van der Waals surface area contributed by atoms with E-state index in [1.165, 1.54) is 31.5 Å². The highest BCUT2D eigenvalue weighted by Gasteiger charge is 2.19. The Morgan fingerprint density at radius 2 is 2.10 bits per heavy atom. The molecule has 0 saturated heterocycles. The minimum Gasteiger partial charge on any atom is -0.495 e. The van der Waals surface area contributed by atoms with Crippen molar-refractivity contribution in [3.05, 3.63) is 41.6 Å². The second-order valence-electron chi connectivity index (χ2n) is 3.85. The minimum atomic E-state index is -3.87. The van der Waals surface area contributed by atoms with Crippen LogP contribution < -0.4 is 15.2 Å². The predicted octanol–water partition coefficient (Wildman–Crippen LogP) is 2.13. The number of hydrogen-bond acceptors (Lipinski definition) is 5. The number of aromatic nitrogens is 1. The van der Waals surface area contributed by atoms with Gasteiger partial charge in [-0.05, 0) is 30.3 Å². The van der Waals surface area contributed by atoms with E-state index in [2.05, 4.69) is 9.71 Å². The third-order valence-corrected chi connectivity index (χ3v) is 4.11. The van der Waals surface area contributed by atoms with E-state index in [9.17, 15) is 8.42 Å². The topological polar surface area (TPSA) is 94.3 Å². The molecule has 2 rings (SSSR count). The normalized spacial score (nSPS) is 11.1. The standard InChI is InChI=1S/C12H12ClN3O3S/c1-19-11-5-4-8(7-9(11)13)16-20(17,18)12-10(14)3-2-6-15-12/h2-7,16H,14H2,1H3. The SMILES string of the molecule is COc1ccc(NS(=O)(=O)c2ncccc2N)cc1Cl. The number of pyridine rings is 1. The summed E-state index contributed by atoms with van der Waals surface area (Å²) in [6.45, 7) is 0. The number of nitrogens with zero attached hydrogens (tertiary/aromatic N) is 1. The molecule has 0 unspecified atom stereocenters. The number of benzene rings is 1. The maximum Gasteiger partial charge on any atom is 0.281 e. The molecule has 1 aromatic heterocycles. The van der Waals surface area contributed by atoms with Crippen LogP contribution in [0.4, 0.5) is 11.4 Å². The molecule has 2 aromatic rings. The summed E-state index contributed by atoms with van der Waals surface area (Å²) < 4.78 is 31.7. The summed E-state index contributed by atoms with van der Waals surface area (Å²) in [6.07, 6.45) is 1.35. The molecule has 0 atom stereocenters. The van der Waals surface area contributed by atoms with Crippen molar-refractivity contribution in [2.24, 2.45) is 0 Å². The molecule has 0 aliphatic carbocycles. The van der Waals surface area contributed by atoms with Gasteiger partial charge in [0.2, 0.25) is 0 Å². The number of ether oxygens (including phenoxy) is 1. The number of hydrogen-bond donors (Lipinski definition) is 2. The van der Waals surface area contributed by atoms with Crippen molar-refractivity contribution >= 4 is 33.0 Å². The van der Waals surface area contributed by atoms with Crippen LogP contribution in [0, 0.1) is 0 Å². The molecule has 6 nitrogen and oxygen atoms in total. The molecular weight excluding hydrogens is 302 g/mol. The highest BCUT2D eigenvalue weighted by molar-refractivity contribution is 7.92. The number of halogens is 1. The van der Waals surface area contributed by atoms with Crippen molar-refractivity contribution in [2.75, 3.05) is 17.6 Å². The summed E-state index contributed by atoms with van der Waals surface area (Å²) in [6, 6.07) is 7.54. The van der Waals surface area contributed by atoms with Crippen molar-refractivity contribution in [1.29, 1.82) is 0 Å². The Morgan fingerprint density at radius 1 is 1.35 bits per heavy atom. The first kappa shape index (κ1) is 14.4. The van der Waals surface area contributed by atoms with Gasteiger partial charge in [0.25, 0.3) is 10.0 Å². The lowest BCUT2D eigenvalue weighted by Crippen LogP contribution is -2.16. The molecule has 20 heavy (non-hydrogen) atoms. The van der Waals surface area contributed by atoms with Crippen LogP contribution >= 0.6 is 11.6 Å². The zero-order valence-corrected chi connectivity index (χ0v) is 12.1. The molecule has 0 radical (unpaired) electrons. The van der Waals surface area contributed by atoms with Crippen molar-refractivity contribution in [2.45, 2.75) is 5.03 Å². The fourth-order valence-corrected chi connectivity index (χ4v) is 2.93. The summed E-state index contributed by atoms with van der Waals surface area (Å²) in [7, 11) is -2.39. The summed E-state index contributed by atoms with van der Waals surface area (Å²) >= 11 is 5.94. The lowest BCUT2D eigenvalue weighted by atomic mass is 10.3. The highest BCUT2D eigenvalue weighted by Crippen LogP contribution is 2.28. The van der Waals surface area contributed by atoms with Crippen LogP contribution in [0.1, 0.15) is 0 Å². The molecule has 1 heterocycles. The molecule has 3 N–H and O–H groups in total. The second kappa shape index (κ2) is 5.56. The van der Waals surface area contributed by atoms with Crippen molar-refractivity contribution < 1.29 is 13.2 Å². The van der Waals surface area contributed by atoms with E-state index < -0.39 is 10.0 Å². The maximum atomic E-state index is 12.2. The van der Waals surface area contributed by atoms with Gasteiger partial charge in [0.1, 0.15) is 5.75 Å². The van der Waals surface area contributed by atoms with Crippen LogP contribution in [0.3, 0.4) is 0 Å². The number of rotatable bonds is 4. The Morgan fingerprint density at radius 3 is 2.70 bits per heavy atom. The summed E-state index contributed by atoms with van der Waals surface area (Å²) in [5.41, 5.74) is 5.97. The lowest BCUT2D eigenvalue weighted by Gasteiger charge is -2.10. The van der Waals surface area contributed by atoms with Crippen LogP contribution in [0.15, 0.2) is 41.6 Å². The first-order valence-corrected chi connectivity index (χ1v) is 7.37. The average Bonchev–Trinajstić information content (AvgIpc) is 2.38. The first-order chi connectivity index (χ1) is 9.44. The van der Waals surface area contributed by atoms with E-state index in [1.807, 2.05) is 0 Å². The van der Waals surface area contributed by atoms with Gasteiger partial charge in [-0.3, -0.25) is 4.72 Å².